The van der Waals surface area contributed by atoms with E-state index in [1.807, 2.05) is 48.5 Å². The van der Waals surface area contributed by atoms with Gasteiger partial charge in [0.15, 0.2) is 11.5 Å². The predicted molar refractivity (Wildman–Crippen MR) is 99.8 cm³/mol. The lowest BCUT2D eigenvalue weighted by Crippen LogP contribution is -2.07. The third-order valence-corrected chi connectivity index (χ3v) is 4.53. The molecule has 26 heavy (non-hydrogen) atoms. The molecule has 0 unspecified atom stereocenters. The van der Waals surface area contributed by atoms with E-state index in [9.17, 15) is 4.79 Å². The van der Waals surface area contributed by atoms with Crippen LogP contribution in [-0.2, 0) is 6.54 Å². The van der Waals surface area contributed by atoms with Crippen LogP contribution in [0.2, 0.25) is 0 Å². The highest BCUT2D eigenvalue weighted by Crippen LogP contribution is 2.32. The van der Waals surface area contributed by atoms with Gasteiger partial charge in [-0.25, -0.2) is 4.98 Å². The van der Waals surface area contributed by atoms with Gasteiger partial charge < -0.3 is 19.8 Å². The number of rotatable bonds is 3. The molecular formula is C20H15N3O3. The van der Waals surface area contributed by atoms with Gasteiger partial charge in [0.05, 0.1) is 0 Å². The summed E-state index contributed by atoms with van der Waals surface area (Å²) in [6.45, 7) is 0.911. The van der Waals surface area contributed by atoms with Crippen LogP contribution in [0.15, 0.2) is 59.5 Å². The molecule has 0 radical (unpaired) electrons. The zero-order chi connectivity index (χ0) is 17.5. The maximum atomic E-state index is 12.3. The lowest BCUT2D eigenvalue weighted by atomic mass is 10.1. The van der Waals surface area contributed by atoms with Crippen molar-refractivity contribution in [1.29, 1.82) is 0 Å². The van der Waals surface area contributed by atoms with Gasteiger partial charge in [0, 0.05) is 34.6 Å². The van der Waals surface area contributed by atoms with Crippen LogP contribution in [0.25, 0.3) is 21.8 Å². The molecule has 0 bridgehead atoms. The summed E-state index contributed by atoms with van der Waals surface area (Å²) in [6.07, 6.45) is 1.67. The molecule has 128 valence electrons. The van der Waals surface area contributed by atoms with Gasteiger partial charge in [-0.2, -0.15) is 0 Å². The molecule has 2 aromatic carbocycles. The molecule has 3 heterocycles. The van der Waals surface area contributed by atoms with Crippen LogP contribution < -0.4 is 20.3 Å². The third-order valence-electron chi connectivity index (χ3n) is 4.53. The molecule has 2 aromatic heterocycles. The zero-order valence-electron chi connectivity index (χ0n) is 13.8. The Bertz CT molecular complexity index is 1200. The first-order chi connectivity index (χ1) is 12.8. The van der Waals surface area contributed by atoms with E-state index in [1.165, 1.54) is 0 Å². The van der Waals surface area contributed by atoms with Crippen molar-refractivity contribution in [2.75, 3.05) is 12.1 Å². The number of nitrogens with one attached hydrogen (secondary N) is 2. The minimum Gasteiger partial charge on any atom is -0.454 e. The van der Waals surface area contributed by atoms with Crippen LogP contribution >= 0.6 is 0 Å². The third kappa shape index (κ3) is 2.43. The van der Waals surface area contributed by atoms with Crippen molar-refractivity contribution >= 4 is 27.5 Å². The largest absolute Gasteiger partial charge is 0.454 e. The summed E-state index contributed by atoms with van der Waals surface area (Å²) in [4.78, 5) is 19.3. The van der Waals surface area contributed by atoms with Crippen LogP contribution in [-0.4, -0.2) is 16.8 Å². The van der Waals surface area contributed by atoms with Gasteiger partial charge in [-0.3, -0.25) is 4.79 Å². The number of benzene rings is 2. The van der Waals surface area contributed by atoms with Gasteiger partial charge in [0.25, 0.3) is 5.56 Å². The van der Waals surface area contributed by atoms with Crippen LogP contribution in [0, 0.1) is 0 Å². The summed E-state index contributed by atoms with van der Waals surface area (Å²) >= 11 is 0. The summed E-state index contributed by atoms with van der Waals surface area (Å²) in [5.74, 6) is 1.55. The van der Waals surface area contributed by atoms with Crippen LogP contribution in [0.1, 0.15) is 5.56 Å². The van der Waals surface area contributed by atoms with Crippen molar-refractivity contribution in [3.8, 4) is 11.5 Å². The van der Waals surface area contributed by atoms with Gasteiger partial charge >= 0.3 is 0 Å². The number of aromatic amines is 1. The minimum atomic E-state index is -0.131. The molecule has 4 aromatic rings. The van der Waals surface area contributed by atoms with E-state index in [0.717, 1.165) is 33.5 Å². The number of nitrogens with zero attached hydrogens (tertiary/aromatic N) is 1. The maximum Gasteiger partial charge on any atom is 0.257 e. The molecule has 6 heteroatoms. The van der Waals surface area contributed by atoms with E-state index in [1.54, 1.807) is 6.20 Å². The van der Waals surface area contributed by atoms with E-state index in [4.69, 9.17) is 9.47 Å². The molecule has 1 aliphatic rings. The number of ether oxygens (including phenoxy) is 2. The summed E-state index contributed by atoms with van der Waals surface area (Å²) in [5, 5.41) is 5.86. The summed E-state index contributed by atoms with van der Waals surface area (Å²) in [5.41, 5.74) is 2.49. The first kappa shape index (κ1) is 14.8. The number of fused-ring (bicyclic) bond motifs is 4. The van der Waals surface area contributed by atoms with E-state index in [0.29, 0.717) is 17.6 Å². The molecular weight excluding hydrogens is 330 g/mol. The molecule has 2 N–H and O–H groups in total. The molecule has 0 atom stereocenters. The second kappa shape index (κ2) is 5.77. The van der Waals surface area contributed by atoms with Gasteiger partial charge in [-0.05, 0) is 48.0 Å². The highest BCUT2D eigenvalue weighted by atomic mass is 16.7. The SMILES string of the molecule is O=c1[nH]c2ncccc2c2cc(NCc3ccc4c(c3)OCO4)ccc12. The second-order valence-electron chi connectivity index (χ2n) is 6.16. The molecule has 5 rings (SSSR count). The average molecular weight is 345 g/mol. The maximum absolute atomic E-state index is 12.3. The monoisotopic (exact) mass is 345 g/mol. The van der Waals surface area contributed by atoms with E-state index < -0.39 is 0 Å². The standard InChI is InChI=1S/C20H15N3O3/c24-20-15-5-4-13(9-16(15)14-2-1-7-21-19(14)23-20)22-10-12-3-6-17-18(8-12)26-11-25-17/h1-9,22H,10-11H2,(H,21,23,24). The topological polar surface area (TPSA) is 76.2 Å². The fourth-order valence-corrected chi connectivity index (χ4v) is 3.23. The second-order valence-corrected chi connectivity index (χ2v) is 6.16. The number of H-pyrrole nitrogens is 1. The Morgan fingerprint density at radius 2 is 1.92 bits per heavy atom. The van der Waals surface area contributed by atoms with Crippen molar-refractivity contribution in [3.63, 3.8) is 0 Å². The highest BCUT2D eigenvalue weighted by Gasteiger charge is 2.13. The molecule has 0 amide bonds. The molecule has 0 spiro atoms. The van der Waals surface area contributed by atoms with Crippen molar-refractivity contribution in [3.05, 3.63) is 70.6 Å². The summed E-state index contributed by atoms with van der Waals surface area (Å²) < 4.78 is 10.8. The molecule has 0 aliphatic carbocycles. The number of hydrogen-bond donors (Lipinski definition) is 2. The average Bonchev–Trinajstić information content (AvgIpc) is 3.14. The van der Waals surface area contributed by atoms with Crippen LogP contribution in [0.3, 0.4) is 0 Å². The van der Waals surface area contributed by atoms with Gasteiger partial charge in [-0.15, -0.1) is 0 Å². The van der Waals surface area contributed by atoms with Gasteiger partial charge in [0.1, 0.15) is 5.65 Å². The predicted octanol–water partition coefficient (Wildman–Crippen LogP) is 3.42. The van der Waals surface area contributed by atoms with Crippen molar-refractivity contribution in [2.45, 2.75) is 6.54 Å². The highest BCUT2D eigenvalue weighted by molar-refractivity contribution is 6.05. The fourth-order valence-electron chi connectivity index (χ4n) is 3.23. The Morgan fingerprint density at radius 1 is 1.00 bits per heavy atom. The van der Waals surface area contributed by atoms with E-state index in [-0.39, 0.29) is 12.4 Å². The minimum absolute atomic E-state index is 0.131. The summed E-state index contributed by atoms with van der Waals surface area (Å²) in [6, 6.07) is 15.5. The Balaban J connectivity index is 1.49. The number of hydrogen-bond acceptors (Lipinski definition) is 5. The first-order valence-electron chi connectivity index (χ1n) is 8.31. The van der Waals surface area contributed by atoms with Crippen LogP contribution in [0.4, 0.5) is 5.69 Å². The Hall–Kier alpha value is -3.54. The molecule has 0 fully saturated rings. The number of anilines is 1. The Labute approximate surface area is 148 Å². The Kier molecular flexibility index (Phi) is 3.28. The normalized spacial score (nSPS) is 12.6. The van der Waals surface area contributed by atoms with Gasteiger partial charge in [0.2, 0.25) is 6.79 Å². The molecule has 0 saturated carbocycles. The van der Waals surface area contributed by atoms with Crippen molar-refractivity contribution < 1.29 is 9.47 Å². The van der Waals surface area contributed by atoms with Gasteiger partial charge in [-0.1, -0.05) is 6.07 Å². The smallest absolute Gasteiger partial charge is 0.257 e. The zero-order valence-corrected chi connectivity index (χ0v) is 13.8. The number of pyridine rings is 2. The Morgan fingerprint density at radius 3 is 2.88 bits per heavy atom. The quantitative estimate of drug-likeness (QED) is 0.557. The number of aromatic nitrogens is 2. The fraction of sp³-hybridized carbons (Fsp3) is 0.100. The van der Waals surface area contributed by atoms with E-state index >= 15 is 0 Å². The molecule has 0 saturated heterocycles. The van der Waals surface area contributed by atoms with Crippen LogP contribution in [0.5, 0.6) is 11.5 Å². The lowest BCUT2D eigenvalue weighted by molar-refractivity contribution is 0.174. The van der Waals surface area contributed by atoms with Crippen molar-refractivity contribution in [1.82, 2.24) is 9.97 Å². The molecule has 1 aliphatic heterocycles. The lowest BCUT2D eigenvalue weighted by Gasteiger charge is -2.09. The first-order valence-corrected chi connectivity index (χ1v) is 8.31. The van der Waals surface area contributed by atoms with Crippen molar-refractivity contribution in [2.24, 2.45) is 0 Å². The summed E-state index contributed by atoms with van der Waals surface area (Å²) in [7, 11) is 0. The van der Waals surface area contributed by atoms with E-state index in [2.05, 4.69) is 15.3 Å². The molecule has 6 nitrogen and oxygen atoms in total.